The highest BCUT2D eigenvalue weighted by Crippen LogP contribution is 2.44. The van der Waals surface area contributed by atoms with Crippen molar-refractivity contribution >= 4 is 28.3 Å². The molecule has 0 aliphatic carbocycles. The number of carbonyl (C=O) groups is 2. The summed E-state index contributed by atoms with van der Waals surface area (Å²) in [6.45, 7) is 0. The summed E-state index contributed by atoms with van der Waals surface area (Å²) in [5.74, 6) is -2.70. The van der Waals surface area contributed by atoms with Crippen LogP contribution in [0, 0.1) is 11.8 Å². The van der Waals surface area contributed by atoms with E-state index in [-0.39, 0.29) is 18.1 Å². The molecule has 0 spiro atoms. The number of anilines is 1. The third-order valence-electron chi connectivity index (χ3n) is 3.45. The normalized spacial score (nSPS) is 33.6. The van der Waals surface area contributed by atoms with E-state index in [2.05, 4.69) is 15.5 Å². The molecule has 96 valence electrons. The van der Waals surface area contributed by atoms with Gasteiger partial charge in [-0.15, -0.1) is 10.2 Å². The second-order valence-corrected chi connectivity index (χ2v) is 5.25. The molecule has 2 N–H and O–H groups in total. The Morgan fingerprint density at radius 2 is 2.11 bits per heavy atom. The second kappa shape index (κ2) is 4.29. The van der Waals surface area contributed by atoms with Gasteiger partial charge in [-0.05, 0) is 12.8 Å². The Morgan fingerprint density at radius 1 is 1.39 bits per heavy atom. The summed E-state index contributed by atoms with van der Waals surface area (Å²) in [4.78, 5) is 23.3. The number of nitrogens with zero attached hydrogens (tertiary/aromatic N) is 2. The average molecular weight is 269 g/mol. The molecule has 0 unspecified atom stereocenters. The summed E-state index contributed by atoms with van der Waals surface area (Å²) in [5.41, 5.74) is 1.50. The quantitative estimate of drug-likeness (QED) is 0.821. The van der Waals surface area contributed by atoms with Gasteiger partial charge < -0.3 is 15.2 Å². The van der Waals surface area contributed by atoms with E-state index in [9.17, 15) is 14.7 Å². The molecule has 2 aliphatic rings. The van der Waals surface area contributed by atoms with E-state index in [1.54, 1.807) is 0 Å². The van der Waals surface area contributed by atoms with E-state index in [0.717, 1.165) is 6.42 Å². The van der Waals surface area contributed by atoms with Crippen LogP contribution in [0.4, 0.5) is 5.13 Å². The molecule has 3 heterocycles. The van der Waals surface area contributed by atoms with Gasteiger partial charge in [0.2, 0.25) is 11.0 Å². The van der Waals surface area contributed by atoms with Gasteiger partial charge in [0.1, 0.15) is 5.51 Å². The van der Waals surface area contributed by atoms with Crippen LogP contribution < -0.4 is 5.32 Å². The topological polar surface area (TPSA) is 101 Å². The largest absolute Gasteiger partial charge is 0.481 e. The molecule has 2 aliphatic heterocycles. The first-order valence-electron chi connectivity index (χ1n) is 5.62. The van der Waals surface area contributed by atoms with E-state index in [0.29, 0.717) is 11.6 Å². The van der Waals surface area contributed by atoms with Crippen LogP contribution in [-0.2, 0) is 14.3 Å². The summed E-state index contributed by atoms with van der Waals surface area (Å²) in [7, 11) is 0. The van der Waals surface area contributed by atoms with Crippen molar-refractivity contribution in [1.82, 2.24) is 10.2 Å². The number of rotatable bonds is 3. The van der Waals surface area contributed by atoms with Crippen molar-refractivity contribution in [3.8, 4) is 0 Å². The van der Waals surface area contributed by atoms with Crippen molar-refractivity contribution in [2.45, 2.75) is 25.0 Å². The zero-order valence-electron chi connectivity index (χ0n) is 9.28. The number of carboxylic acids is 1. The van der Waals surface area contributed by atoms with Gasteiger partial charge in [0.15, 0.2) is 0 Å². The number of hydrogen-bond acceptors (Lipinski definition) is 6. The van der Waals surface area contributed by atoms with Crippen molar-refractivity contribution in [2.75, 3.05) is 5.32 Å². The Morgan fingerprint density at radius 3 is 2.72 bits per heavy atom. The molecule has 0 aromatic carbocycles. The molecule has 3 rings (SSSR count). The van der Waals surface area contributed by atoms with Gasteiger partial charge in [-0.25, -0.2) is 0 Å². The maximum atomic E-state index is 12.1. The number of amides is 1. The van der Waals surface area contributed by atoms with Crippen LogP contribution in [0.3, 0.4) is 0 Å². The lowest BCUT2D eigenvalue weighted by Crippen LogP contribution is -2.40. The first-order chi connectivity index (χ1) is 8.66. The fourth-order valence-electron chi connectivity index (χ4n) is 2.74. The van der Waals surface area contributed by atoms with Crippen LogP contribution in [0.2, 0.25) is 0 Å². The zero-order chi connectivity index (χ0) is 12.7. The van der Waals surface area contributed by atoms with E-state index in [4.69, 9.17) is 4.74 Å². The number of aliphatic carboxylic acids is 1. The van der Waals surface area contributed by atoms with E-state index < -0.39 is 17.8 Å². The highest BCUT2D eigenvalue weighted by Gasteiger charge is 2.55. The summed E-state index contributed by atoms with van der Waals surface area (Å²) >= 11 is 1.20. The summed E-state index contributed by atoms with van der Waals surface area (Å²) in [5, 5.41) is 19.5. The number of nitrogens with one attached hydrogen (secondary N) is 1. The molecule has 2 fully saturated rings. The number of hydrogen-bond donors (Lipinski definition) is 2. The lowest BCUT2D eigenvalue weighted by molar-refractivity contribution is -0.147. The van der Waals surface area contributed by atoms with Crippen LogP contribution in [0.1, 0.15) is 12.8 Å². The third-order valence-corrected chi connectivity index (χ3v) is 4.06. The Labute approximate surface area is 106 Å². The zero-order valence-corrected chi connectivity index (χ0v) is 10.1. The Hall–Kier alpha value is -1.54. The predicted octanol–water partition coefficient (Wildman–Crippen LogP) is 0.355. The summed E-state index contributed by atoms with van der Waals surface area (Å²) in [6.07, 6.45) is 0.828. The number of fused-ring (bicyclic) bond motifs is 2. The molecular weight excluding hydrogens is 258 g/mol. The predicted molar refractivity (Wildman–Crippen MR) is 61.0 cm³/mol. The molecular formula is C10H11N3O4S. The Balaban J connectivity index is 1.78. The van der Waals surface area contributed by atoms with Crippen molar-refractivity contribution in [3.63, 3.8) is 0 Å². The first kappa shape index (κ1) is 11.5. The third kappa shape index (κ3) is 1.77. The maximum absolute atomic E-state index is 12.1. The van der Waals surface area contributed by atoms with E-state index in [1.165, 1.54) is 16.8 Å². The molecule has 0 saturated carbocycles. The molecule has 2 saturated heterocycles. The van der Waals surface area contributed by atoms with Gasteiger partial charge in [0.05, 0.1) is 24.0 Å². The van der Waals surface area contributed by atoms with Gasteiger partial charge in [0.25, 0.3) is 0 Å². The fourth-order valence-corrected chi connectivity index (χ4v) is 3.19. The Kier molecular flexibility index (Phi) is 2.75. The first-order valence-corrected chi connectivity index (χ1v) is 6.50. The standard InChI is InChI=1S/C10H11N3O4S/c14-8(12-10-13-11-3-18-10)6-4-1-2-5(17-4)7(6)9(15)16/h3-7H,1-2H2,(H,15,16)(H,12,13,14)/t4-,5-,6+,7-/m1/s1. The van der Waals surface area contributed by atoms with Crippen LogP contribution in [0.15, 0.2) is 5.51 Å². The van der Waals surface area contributed by atoms with Gasteiger partial charge >= 0.3 is 5.97 Å². The summed E-state index contributed by atoms with van der Waals surface area (Å²) < 4.78 is 5.52. The number of aromatic nitrogens is 2. The van der Waals surface area contributed by atoms with Crippen LogP contribution >= 0.6 is 11.3 Å². The van der Waals surface area contributed by atoms with Crippen molar-refractivity contribution in [3.05, 3.63) is 5.51 Å². The lowest BCUT2D eigenvalue weighted by Gasteiger charge is -2.23. The second-order valence-electron chi connectivity index (χ2n) is 4.41. The monoisotopic (exact) mass is 269 g/mol. The minimum Gasteiger partial charge on any atom is -0.481 e. The lowest BCUT2D eigenvalue weighted by atomic mass is 9.79. The average Bonchev–Trinajstić information content (AvgIpc) is 3.03. The van der Waals surface area contributed by atoms with Gasteiger partial charge in [-0.3, -0.25) is 9.59 Å². The molecule has 1 aromatic heterocycles. The van der Waals surface area contributed by atoms with E-state index >= 15 is 0 Å². The fraction of sp³-hybridized carbons (Fsp3) is 0.600. The van der Waals surface area contributed by atoms with Crippen molar-refractivity contribution < 1.29 is 19.4 Å². The molecule has 0 radical (unpaired) electrons. The Bertz CT molecular complexity index is 477. The molecule has 4 atom stereocenters. The molecule has 7 nitrogen and oxygen atoms in total. The van der Waals surface area contributed by atoms with Gasteiger partial charge in [0, 0.05) is 0 Å². The van der Waals surface area contributed by atoms with Crippen LogP contribution in [-0.4, -0.2) is 39.4 Å². The highest BCUT2D eigenvalue weighted by molar-refractivity contribution is 7.13. The van der Waals surface area contributed by atoms with Gasteiger partial charge in [-0.1, -0.05) is 11.3 Å². The minimum atomic E-state index is -0.973. The smallest absolute Gasteiger partial charge is 0.310 e. The number of carbonyl (C=O) groups excluding carboxylic acids is 1. The van der Waals surface area contributed by atoms with E-state index in [1.807, 2.05) is 0 Å². The van der Waals surface area contributed by atoms with Crippen LogP contribution in [0.25, 0.3) is 0 Å². The van der Waals surface area contributed by atoms with Crippen molar-refractivity contribution in [2.24, 2.45) is 11.8 Å². The minimum absolute atomic E-state index is 0.288. The van der Waals surface area contributed by atoms with Crippen LogP contribution in [0.5, 0.6) is 0 Å². The molecule has 1 aromatic rings. The highest BCUT2D eigenvalue weighted by atomic mass is 32.1. The SMILES string of the molecule is O=C(Nc1nncs1)[C@@H]1[C@H](C(=O)O)[C@H]2CC[C@H]1O2. The van der Waals surface area contributed by atoms with Crippen molar-refractivity contribution in [1.29, 1.82) is 0 Å². The maximum Gasteiger partial charge on any atom is 0.310 e. The molecule has 18 heavy (non-hydrogen) atoms. The number of ether oxygens (including phenoxy) is 1. The molecule has 8 heteroatoms. The molecule has 2 bridgehead atoms. The summed E-state index contributed by atoms with van der Waals surface area (Å²) in [6, 6.07) is 0. The molecule has 1 amide bonds. The van der Waals surface area contributed by atoms with Gasteiger partial charge in [-0.2, -0.15) is 0 Å². The number of carboxylic acid groups (broad SMARTS) is 1.